The second-order valence-electron chi connectivity index (χ2n) is 7.28. The van der Waals surface area contributed by atoms with Crippen LogP contribution in [0.2, 0.25) is 0 Å². The summed E-state index contributed by atoms with van der Waals surface area (Å²) in [7, 11) is 0. The van der Waals surface area contributed by atoms with E-state index in [1.165, 1.54) is 25.0 Å². The number of hydrogen-bond donors (Lipinski definition) is 0. The normalized spacial score (nSPS) is 21.7. The maximum absolute atomic E-state index is 14.5. The van der Waals surface area contributed by atoms with E-state index in [4.69, 9.17) is 0 Å². The average Bonchev–Trinajstić information content (AvgIpc) is 2.67. The molecule has 0 saturated heterocycles. The SMILES string of the molecule is CC1CCC(c2ccc(C(F)=C(F)c3ccc(C(F)(F)F)cc3)cc2)CC1. The molecule has 3 rings (SSSR count). The van der Waals surface area contributed by atoms with E-state index in [1.807, 2.05) is 12.1 Å². The zero-order valence-electron chi connectivity index (χ0n) is 15.0. The molecular weight excluding hydrogens is 359 g/mol. The first-order valence-corrected chi connectivity index (χ1v) is 9.09. The molecule has 0 radical (unpaired) electrons. The molecule has 1 aliphatic rings. The van der Waals surface area contributed by atoms with Gasteiger partial charge in [-0.3, -0.25) is 0 Å². The fourth-order valence-corrected chi connectivity index (χ4v) is 3.55. The van der Waals surface area contributed by atoms with Crippen LogP contribution in [0.25, 0.3) is 11.7 Å². The van der Waals surface area contributed by atoms with Crippen LogP contribution in [0.5, 0.6) is 0 Å². The van der Waals surface area contributed by atoms with Gasteiger partial charge in [-0.15, -0.1) is 0 Å². The van der Waals surface area contributed by atoms with Crippen molar-refractivity contribution in [2.75, 3.05) is 0 Å². The molecule has 0 N–H and O–H groups in total. The monoisotopic (exact) mass is 380 g/mol. The maximum Gasteiger partial charge on any atom is 0.416 e. The van der Waals surface area contributed by atoms with Gasteiger partial charge in [0.1, 0.15) is 0 Å². The van der Waals surface area contributed by atoms with Crippen LogP contribution in [0.1, 0.15) is 60.8 Å². The molecule has 0 aromatic heterocycles. The summed E-state index contributed by atoms with van der Waals surface area (Å²) in [6.07, 6.45) is 0.0218. The lowest BCUT2D eigenvalue weighted by molar-refractivity contribution is -0.137. The molecule has 1 fully saturated rings. The predicted octanol–water partition coefficient (Wildman–Crippen LogP) is 7.76. The van der Waals surface area contributed by atoms with Crippen LogP contribution in [0.15, 0.2) is 48.5 Å². The van der Waals surface area contributed by atoms with Gasteiger partial charge in [-0.1, -0.05) is 56.2 Å². The molecule has 1 saturated carbocycles. The molecule has 2 aromatic carbocycles. The standard InChI is InChI=1S/C22H21F5/c1-14-2-4-15(5-3-14)16-6-8-17(9-7-16)20(23)21(24)18-10-12-19(13-11-18)22(25,26)27/h6-15H,2-5H2,1H3. The number of alkyl halides is 3. The molecule has 0 heterocycles. The molecule has 0 bridgehead atoms. The van der Waals surface area contributed by atoms with E-state index in [9.17, 15) is 22.0 Å². The van der Waals surface area contributed by atoms with Crippen molar-refractivity contribution in [3.63, 3.8) is 0 Å². The number of benzene rings is 2. The fourth-order valence-electron chi connectivity index (χ4n) is 3.55. The van der Waals surface area contributed by atoms with Gasteiger partial charge in [0.15, 0.2) is 11.7 Å². The van der Waals surface area contributed by atoms with Crippen LogP contribution < -0.4 is 0 Å². The second kappa shape index (κ2) is 7.83. The molecule has 144 valence electrons. The van der Waals surface area contributed by atoms with Crippen LogP contribution in [-0.2, 0) is 6.18 Å². The van der Waals surface area contributed by atoms with E-state index in [-0.39, 0.29) is 11.1 Å². The highest BCUT2D eigenvalue weighted by Crippen LogP contribution is 2.37. The van der Waals surface area contributed by atoms with Crippen molar-refractivity contribution in [1.82, 2.24) is 0 Å². The second-order valence-corrected chi connectivity index (χ2v) is 7.28. The first-order valence-electron chi connectivity index (χ1n) is 9.09. The van der Waals surface area contributed by atoms with Gasteiger partial charge < -0.3 is 0 Å². The Bertz CT molecular complexity index is 792. The molecule has 5 heteroatoms. The van der Waals surface area contributed by atoms with Gasteiger partial charge in [-0.2, -0.15) is 13.2 Å². The van der Waals surface area contributed by atoms with Crippen molar-refractivity contribution >= 4 is 11.7 Å². The van der Waals surface area contributed by atoms with Gasteiger partial charge >= 0.3 is 6.18 Å². The minimum Gasteiger partial charge on any atom is -0.203 e. The Hall–Kier alpha value is -2.17. The molecule has 0 spiro atoms. The number of hydrogen-bond acceptors (Lipinski definition) is 0. The van der Waals surface area contributed by atoms with Crippen molar-refractivity contribution in [3.05, 3.63) is 70.8 Å². The Morgan fingerprint density at radius 1 is 0.741 bits per heavy atom. The highest BCUT2D eigenvalue weighted by atomic mass is 19.4. The third kappa shape index (κ3) is 4.57. The maximum atomic E-state index is 14.5. The minimum absolute atomic E-state index is 0.0836. The third-order valence-electron chi connectivity index (χ3n) is 5.31. The topological polar surface area (TPSA) is 0 Å². The van der Waals surface area contributed by atoms with Crippen molar-refractivity contribution in [3.8, 4) is 0 Å². The Kier molecular flexibility index (Phi) is 5.68. The van der Waals surface area contributed by atoms with Crippen molar-refractivity contribution < 1.29 is 22.0 Å². The Labute approximate surface area is 155 Å². The molecular formula is C22H21F5. The van der Waals surface area contributed by atoms with Gasteiger partial charge in [0.05, 0.1) is 5.56 Å². The van der Waals surface area contributed by atoms with E-state index < -0.39 is 23.4 Å². The summed E-state index contributed by atoms with van der Waals surface area (Å²) >= 11 is 0. The number of rotatable bonds is 3. The van der Waals surface area contributed by atoms with Crippen molar-refractivity contribution in [1.29, 1.82) is 0 Å². The first kappa shape index (κ1) is 19.6. The molecule has 0 amide bonds. The summed E-state index contributed by atoms with van der Waals surface area (Å²) in [4.78, 5) is 0. The number of halogens is 5. The van der Waals surface area contributed by atoms with E-state index in [2.05, 4.69) is 6.92 Å². The average molecular weight is 380 g/mol. The van der Waals surface area contributed by atoms with E-state index in [0.29, 0.717) is 5.92 Å². The minimum atomic E-state index is -4.51. The molecule has 0 aliphatic heterocycles. The Morgan fingerprint density at radius 3 is 1.63 bits per heavy atom. The lowest BCUT2D eigenvalue weighted by atomic mass is 9.79. The van der Waals surface area contributed by atoms with Crippen LogP contribution in [0.3, 0.4) is 0 Å². The zero-order valence-corrected chi connectivity index (χ0v) is 15.0. The largest absolute Gasteiger partial charge is 0.416 e. The lowest BCUT2D eigenvalue weighted by Gasteiger charge is -2.26. The lowest BCUT2D eigenvalue weighted by Crippen LogP contribution is -2.10. The zero-order chi connectivity index (χ0) is 19.6. The molecule has 1 aliphatic carbocycles. The van der Waals surface area contributed by atoms with Crippen LogP contribution >= 0.6 is 0 Å². The van der Waals surface area contributed by atoms with Gasteiger partial charge in [0.25, 0.3) is 0 Å². The summed E-state index contributed by atoms with van der Waals surface area (Å²) < 4.78 is 66.6. The Balaban J connectivity index is 1.78. The van der Waals surface area contributed by atoms with Crippen LogP contribution in [0.4, 0.5) is 22.0 Å². The van der Waals surface area contributed by atoms with Crippen molar-refractivity contribution in [2.24, 2.45) is 5.92 Å². The summed E-state index contributed by atoms with van der Waals surface area (Å²) in [5.74, 6) is -1.05. The third-order valence-corrected chi connectivity index (χ3v) is 5.31. The molecule has 0 nitrogen and oxygen atoms in total. The van der Waals surface area contributed by atoms with Gasteiger partial charge in [-0.25, -0.2) is 8.78 Å². The van der Waals surface area contributed by atoms with E-state index >= 15 is 0 Å². The summed E-state index contributed by atoms with van der Waals surface area (Å²) in [5, 5.41) is 0. The molecule has 0 unspecified atom stereocenters. The predicted molar refractivity (Wildman–Crippen MR) is 97.3 cm³/mol. The van der Waals surface area contributed by atoms with Gasteiger partial charge in [-0.05, 0) is 42.4 Å². The highest BCUT2D eigenvalue weighted by molar-refractivity contribution is 5.83. The van der Waals surface area contributed by atoms with Crippen LogP contribution in [0, 0.1) is 5.92 Å². The summed E-state index contributed by atoms with van der Waals surface area (Å²) in [5.41, 5.74) is 0.0881. The van der Waals surface area contributed by atoms with Crippen LogP contribution in [-0.4, -0.2) is 0 Å². The fraction of sp³-hybridized carbons (Fsp3) is 0.364. The molecule has 0 atom stereocenters. The summed E-state index contributed by atoms with van der Waals surface area (Å²) in [6, 6.07) is 10.1. The molecule has 2 aromatic rings. The smallest absolute Gasteiger partial charge is 0.203 e. The summed E-state index contributed by atoms with van der Waals surface area (Å²) in [6.45, 7) is 2.24. The van der Waals surface area contributed by atoms with Gasteiger partial charge in [0.2, 0.25) is 0 Å². The first-order chi connectivity index (χ1) is 12.8. The van der Waals surface area contributed by atoms with Gasteiger partial charge in [0, 0.05) is 11.1 Å². The van der Waals surface area contributed by atoms with Crippen molar-refractivity contribution in [2.45, 2.75) is 44.7 Å². The van der Waals surface area contributed by atoms with E-state index in [0.717, 1.165) is 48.6 Å². The van der Waals surface area contributed by atoms with E-state index in [1.54, 1.807) is 0 Å². The molecule has 27 heavy (non-hydrogen) atoms. The quantitative estimate of drug-likeness (QED) is 0.377. The Morgan fingerprint density at radius 2 is 1.19 bits per heavy atom. The highest BCUT2D eigenvalue weighted by Gasteiger charge is 2.30.